The van der Waals surface area contributed by atoms with E-state index in [2.05, 4.69) is 6.92 Å². The van der Waals surface area contributed by atoms with Crippen LogP contribution in [0.5, 0.6) is 0 Å². The lowest BCUT2D eigenvalue weighted by Crippen LogP contribution is -2.61. The molecule has 5 heteroatoms. The Kier molecular flexibility index (Phi) is 4.04. The normalized spacial score (nSPS) is 50.5. The van der Waals surface area contributed by atoms with Crippen LogP contribution in [0, 0.1) is 35.2 Å². The van der Waals surface area contributed by atoms with Crippen molar-refractivity contribution in [2.75, 3.05) is 0 Å². The van der Waals surface area contributed by atoms with Crippen LogP contribution in [0.4, 0.5) is 0 Å². The SMILES string of the molecule is C[C@]12CCC(=O)C=C1CC[C@@H]1[C@@H]2[C@@H](O)C[C@@]2(C)[C@H]1CC[C@]2(O)C(=O)[CH]O. The first-order valence-corrected chi connectivity index (χ1v) is 9.83. The lowest BCUT2D eigenvalue weighted by atomic mass is 9.45. The van der Waals surface area contributed by atoms with E-state index in [1.54, 1.807) is 6.08 Å². The molecule has 0 saturated heterocycles. The molecule has 7 atom stereocenters. The third-order valence-electron chi connectivity index (χ3n) is 8.57. The molecule has 143 valence electrons. The Labute approximate surface area is 154 Å². The van der Waals surface area contributed by atoms with Gasteiger partial charge in [0.05, 0.1) is 6.10 Å². The highest BCUT2D eigenvalue weighted by molar-refractivity contribution is 5.94. The number of carbonyl (C=O) groups excluding carboxylic acids is 2. The maximum absolute atomic E-state index is 12.3. The van der Waals surface area contributed by atoms with Crippen LogP contribution >= 0.6 is 0 Å². The lowest BCUT2D eigenvalue weighted by Gasteiger charge is -2.60. The van der Waals surface area contributed by atoms with Crippen LogP contribution < -0.4 is 0 Å². The van der Waals surface area contributed by atoms with E-state index < -0.39 is 22.9 Å². The second kappa shape index (κ2) is 5.73. The molecule has 0 spiro atoms. The highest BCUT2D eigenvalue weighted by atomic mass is 16.3. The first-order chi connectivity index (χ1) is 12.2. The summed E-state index contributed by atoms with van der Waals surface area (Å²) in [6, 6.07) is 0. The third kappa shape index (κ3) is 2.14. The van der Waals surface area contributed by atoms with Crippen molar-refractivity contribution in [3.05, 3.63) is 18.3 Å². The van der Waals surface area contributed by atoms with E-state index >= 15 is 0 Å². The molecule has 4 aliphatic carbocycles. The molecule has 3 N–H and O–H groups in total. The lowest BCUT2D eigenvalue weighted by molar-refractivity contribution is -0.180. The Balaban J connectivity index is 1.74. The summed E-state index contributed by atoms with van der Waals surface area (Å²) in [5.74, 6) is -0.0333. The minimum absolute atomic E-state index is 0.0595. The van der Waals surface area contributed by atoms with Crippen LogP contribution in [0.1, 0.15) is 58.8 Å². The zero-order valence-corrected chi connectivity index (χ0v) is 15.6. The molecule has 0 unspecified atom stereocenters. The van der Waals surface area contributed by atoms with E-state index in [-0.39, 0.29) is 29.0 Å². The van der Waals surface area contributed by atoms with E-state index in [0.717, 1.165) is 25.7 Å². The smallest absolute Gasteiger partial charge is 0.196 e. The highest BCUT2D eigenvalue weighted by Gasteiger charge is 2.68. The first kappa shape index (κ1) is 18.3. The van der Waals surface area contributed by atoms with Crippen molar-refractivity contribution in [3.8, 4) is 0 Å². The van der Waals surface area contributed by atoms with Crippen molar-refractivity contribution in [1.82, 2.24) is 0 Å². The Bertz CT molecular complexity index is 684. The fraction of sp³-hybridized carbons (Fsp3) is 0.762. The van der Waals surface area contributed by atoms with Gasteiger partial charge in [-0.15, -0.1) is 0 Å². The van der Waals surface area contributed by atoms with Gasteiger partial charge in [0.25, 0.3) is 0 Å². The fourth-order valence-electron chi connectivity index (χ4n) is 7.20. The summed E-state index contributed by atoms with van der Waals surface area (Å²) < 4.78 is 0. The van der Waals surface area contributed by atoms with Crippen LogP contribution in [0.15, 0.2) is 11.6 Å². The zero-order chi connectivity index (χ0) is 18.9. The Morgan fingerprint density at radius 1 is 1.23 bits per heavy atom. The predicted molar refractivity (Wildman–Crippen MR) is 94.3 cm³/mol. The zero-order valence-electron chi connectivity index (χ0n) is 15.6. The molecule has 3 fully saturated rings. The number of aliphatic hydroxyl groups excluding tert-OH is 2. The summed E-state index contributed by atoms with van der Waals surface area (Å²) in [5.41, 5.74) is -1.33. The third-order valence-corrected chi connectivity index (χ3v) is 8.57. The van der Waals surface area contributed by atoms with Gasteiger partial charge in [0.15, 0.2) is 11.6 Å². The molecule has 4 rings (SSSR count). The van der Waals surface area contributed by atoms with Gasteiger partial charge < -0.3 is 15.3 Å². The van der Waals surface area contributed by atoms with E-state index in [0.29, 0.717) is 25.9 Å². The van der Waals surface area contributed by atoms with E-state index in [9.17, 15) is 24.9 Å². The molecule has 26 heavy (non-hydrogen) atoms. The number of allylic oxidation sites excluding steroid dienone is 1. The van der Waals surface area contributed by atoms with Gasteiger partial charge in [-0.05, 0) is 67.8 Å². The second-order valence-corrected chi connectivity index (χ2v) is 9.47. The van der Waals surface area contributed by atoms with Crippen molar-refractivity contribution in [2.24, 2.45) is 28.6 Å². The number of hydrogen-bond donors (Lipinski definition) is 3. The average molecular weight is 361 g/mol. The summed E-state index contributed by atoms with van der Waals surface area (Å²) in [6.07, 6.45) is 5.62. The molecule has 0 aromatic rings. The predicted octanol–water partition coefficient (Wildman–Crippen LogP) is 2.32. The molecule has 4 aliphatic rings. The molecule has 0 aromatic heterocycles. The van der Waals surface area contributed by atoms with Crippen molar-refractivity contribution < 1.29 is 24.9 Å². The maximum atomic E-state index is 12.3. The van der Waals surface area contributed by atoms with Crippen molar-refractivity contribution in [2.45, 2.75) is 70.5 Å². The standard InChI is InChI=1S/C21H29O5/c1-19-7-5-13(23)9-12(19)3-4-14-15-6-8-21(26,17(25)11-22)20(15,2)10-16(24)18(14)19/h9,11,14-16,18,22,24,26H,3-8,10H2,1-2H3/t14-,15-,16-,18+,19-,20-,21-/m0/s1. The van der Waals surface area contributed by atoms with Crippen LogP contribution in [-0.2, 0) is 9.59 Å². The maximum Gasteiger partial charge on any atom is 0.196 e. The molecular weight excluding hydrogens is 332 g/mol. The Morgan fingerprint density at radius 3 is 2.65 bits per heavy atom. The summed E-state index contributed by atoms with van der Waals surface area (Å²) in [6.45, 7) is 4.58. The number of hydrogen-bond acceptors (Lipinski definition) is 5. The summed E-state index contributed by atoms with van der Waals surface area (Å²) in [5, 5.41) is 31.6. The molecule has 0 aliphatic heterocycles. The van der Waals surface area contributed by atoms with Crippen LogP contribution in [0.3, 0.4) is 0 Å². The van der Waals surface area contributed by atoms with Crippen molar-refractivity contribution in [1.29, 1.82) is 0 Å². The fourth-order valence-corrected chi connectivity index (χ4v) is 7.20. The molecule has 5 nitrogen and oxygen atoms in total. The molecule has 0 bridgehead atoms. The Morgan fingerprint density at radius 2 is 1.96 bits per heavy atom. The molecule has 1 radical (unpaired) electrons. The van der Waals surface area contributed by atoms with Crippen molar-refractivity contribution in [3.63, 3.8) is 0 Å². The number of aliphatic hydroxyl groups is 3. The van der Waals surface area contributed by atoms with Gasteiger partial charge in [-0.1, -0.05) is 19.4 Å². The van der Waals surface area contributed by atoms with Gasteiger partial charge in [-0.2, -0.15) is 0 Å². The molecule has 0 aromatic carbocycles. The van der Waals surface area contributed by atoms with Gasteiger partial charge in [-0.25, -0.2) is 0 Å². The second-order valence-electron chi connectivity index (χ2n) is 9.47. The summed E-state index contributed by atoms with van der Waals surface area (Å²) in [7, 11) is 0. The average Bonchev–Trinajstić information content (AvgIpc) is 2.86. The van der Waals surface area contributed by atoms with E-state index in [4.69, 9.17) is 0 Å². The minimum atomic E-state index is -1.60. The molecular formula is C21H29O5. The first-order valence-electron chi connectivity index (χ1n) is 9.83. The monoisotopic (exact) mass is 361 g/mol. The van der Waals surface area contributed by atoms with Gasteiger partial charge in [0, 0.05) is 11.8 Å². The number of carbonyl (C=O) groups is 2. The van der Waals surface area contributed by atoms with E-state index in [1.807, 2.05) is 6.92 Å². The van der Waals surface area contributed by atoms with Crippen LogP contribution in [0.25, 0.3) is 0 Å². The molecule has 3 saturated carbocycles. The topological polar surface area (TPSA) is 94.8 Å². The highest BCUT2D eigenvalue weighted by Crippen LogP contribution is 2.67. The number of Topliss-reactive ketones (excluding diaryl/α,β-unsaturated/α-hetero) is 1. The number of rotatable bonds is 2. The summed E-state index contributed by atoms with van der Waals surface area (Å²) in [4.78, 5) is 24.2. The largest absolute Gasteiger partial charge is 0.393 e. The van der Waals surface area contributed by atoms with Gasteiger partial charge >= 0.3 is 0 Å². The number of fused-ring (bicyclic) bond motifs is 5. The number of ketones is 2. The Hall–Kier alpha value is -1.04. The van der Waals surface area contributed by atoms with Crippen molar-refractivity contribution >= 4 is 11.6 Å². The van der Waals surface area contributed by atoms with Gasteiger partial charge in [-0.3, -0.25) is 9.59 Å². The quantitative estimate of drug-likeness (QED) is 0.702. The van der Waals surface area contributed by atoms with E-state index in [1.165, 1.54) is 5.57 Å². The summed E-state index contributed by atoms with van der Waals surface area (Å²) >= 11 is 0. The van der Waals surface area contributed by atoms with Gasteiger partial charge in [0.1, 0.15) is 12.2 Å². The minimum Gasteiger partial charge on any atom is -0.393 e. The van der Waals surface area contributed by atoms with Crippen LogP contribution in [-0.4, -0.2) is 38.6 Å². The molecule has 0 heterocycles. The van der Waals surface area contributed by atoms with Gasteiger partial charge in [0.2, 0.25) is 0 Å². The van der Waals surface area contributed by atoms with Crippen LogP contribution in [0.2, 0.25) is 0 Å². The molecule has 0 amide bonds.